The first-order chi connectivity index (χ1) is 8.65. The maximum Gasteiger partial charge on any atom is 0.250 e. The Morgan fingerprint density at radius 1 is 1.50 bits per heavy atom. The van der Waals surface area contributed by atoms with Gasteiger partial charge < -0.3 is 15.0 Å². The summed E-state index contributed by atoms with van der Waals surface area (Å²) in [5, 5.41) is 0. The average molecular weight is 270 g/mol. The minimum atomic E-state index is -0.951. The summed E-state index contributed by atoms with van der Waals surface area (Å²) in [5.41, 5.74) is 6.04. The fourth-order valence-corrected chi connectivity index (χ4v) is 3.24. The van der Waals surface area contributed by atoms with Crippen molar-refractivity contribution >= 4 is 16.5 Å². The van der Waals surface area contributed by atoms with Crippen LogP contribution in [0.15, 0.2) is 23.1 Å². The fraction of sp³-hybridized carbons (Fsp3) is 0.583. The molecule has 0 spiro atoms. The Hall–Kier alpha value is -1.14. The van der Waals surface area contributed by atoms with Crippen LogP contribution >= 0.6 is 0 Å². The molecule has 0 amide bonds. The van der Waals surface area contributed by atoms with Gasteiger partial charge in [0.15, 0.2) is 0 Å². The number of hydrogen-bond acceptors (Lipinski definition) is 4. The normalized spacial score (nSPS) is 21.0. The van der Waals surface area contributed by atoms with Crippen LogP contribution in [0.2, 0.25) is 0 Å². The number of rotatable bonds is 5. The Kier molecular flexibility index (Phi) is 4.54. The standard InChI is InChI=1S/C12H18N2O3S/c13-10-3-4-12(15)14(8-10)5-7-18(16)9-11-2-1-6-17-11/h3-4,8,11H,1-2,5-7,9,13H2. The summed E-state index contributed by atoms with van der Waals surface area (Å²) in [6, 6.07) is 3.00. The molecule has 1 fully saturated rings. The van der Waals surface area contributed by atoms with Gasteiger partial charge in [-0.3, -0.25) is 9.00 Å². The average Bonchev–Trinajstić information content (AvgIpc) is 2.83. The van der Waals surface area contributed by atoms with Gasteiger partial charge in [0, 0.05) is 53.4 Å². The topological polar surface area (TPSA) is 74.3 Å². The van der Waals surface area contributed by atoms with Gasteiger partial charge in [-0.15, -0.1) is 0 Å². The van der Waals surface area contributed by atoms with E-state index in [4.69, 9.17) is 10.5 Å². The van der Waals surface area contributed by atoms with Gasteiger partial charge in [-0.2, -0.15) is 0 Å². The zero-order valence-corrected chi connectivity index (χ0v) is 11.0. The zero-order valence-electron chi connectivity index (χ0n) is 10.2. The van der Waals surface area contributed by atoms with E-state index in [1.165, 1.54) is 10.6 Å². The van der Waals surface area contributed by atoms with Crippen LogP contribution in [-0.2, 0) is 22.1 Å². The van der Waals surface area contributed by atoms with E-state index in [0.717, 1.165) is 19.4 Å². The molecule has 100 valence electrons. The van der Waals surface area contributed by atoms with Gasteiger partial charge in [0.25, 0.3) is 5.56 Å². The smallest absolute Gasteiger partial charge is 0.250 e. The second-order valence-corrected chi connectivity index (χ2v) is 6.06. The summed E-state index contributed by atoms with van der Waals surface area (Å²) in [6.45, 7) is 1.21. The molecular weight excluding hydrogens is 252 g/mol. The largest absolute Gasteiger partial charge is 0.398 e. The van der Waals surface area contributed by atoms with Crippen molar-refractivity contribution < 1.29 is 8.95 Å². The zero-order chi connectivity index (χ0) is 13.0. The van der Waals surface area contributed by atoms with E-state index >= 15 is 0 Å². The van der Waals surface area contributed by atoms with Crippen LogP contribution in [0.5, 0.6) is 0 Å². The van der Waals surface area contributed by atoms with Gasteiger partial charge in [0.1, 0.15) is 0 Å². The van der Waals surface area contributed by atoms with Gasteiger partial charge in [0.05, 0.1) is 6.10 Å². The van der Waals surface area contributed by atoms with E-state index < -0.39 is 10.8 Å². The molecule has 1 aliphatic heterocycles. The third-order valence-corrected chi connectivity index (χ3v) is 4.34. The second kappa shape index (κ2) is 6.15. The molecular formula is C12H18N2O3S. The van der Waals surface area contributed by atoms with Gasteiger partial charge >= 0.3 is 0 Å². The Morgan fingerprint density at radius 3 is 3.06 bits per heavy atom. The van der Waals surface area contributed by atoms with Crippen molar-refractivity contribution in [3.05, 3.63) is 28.7 Å². The maximum atomic E-state index is 11.9. The van der Waals surface area contributed by atoms with Gasteiger partial charge in [0.2, 0.25) is 0 Å². The van der Waals surface area contributed by atoms with Crippen molar-refractivity contribution in [3.8, 4) is 0 Å². The highest BCUT2D eigenvalue weighted by Crippen LogP contribution is 2.12. The summed E-state index contributed by atoms with van der Waals surface area (Å²) in [7, 11) is -0.951. The van der Waals surface area contributed by atoms with Crippen molar-refractivity contribution in [3.63, 3.8) is 0 Å². The van der Waals surface area contributed by atoms with Crippen LogP contribution in [0, 0.1) is 0 Å². The molecule has 0 saturated carbocycles. The molecule has 0 radical (unpaired) electrons. The van der Waals surface area contributed by atoms with Crippen molar-refractivity contribution in [2.24, 2.45) is 0 Å². The van der Waals surface area contributed by atoms with Crippen LogP contribution in [-0.4, -0.2) is 33.0 Å². The van der Waals surface area contributed by atoms with Crippen LogP contribution in [0.1, 0.15) is 12.8 Å². The summed E-state index contributed by atoms with van der Waals surface area (Å²) in [4.78, 5) is 11.5. The minimum Gasteiger partial charge on any atom is -0.398 e. The molecule has 18 heavy (non-hydrogen) atoms. The number of hydrogen-bond donors (Lipinski definition) is 1. The lowest BCUT2D eigenvalue weighted by atomic mass is 10.3. The highest BCUT2D eigenvalue weighted by atomic mass is 32.2. The maximum absolute atomic E-state index is 11.9. The molecule has 2 N–H and O–H groups in total. The lowest BCUT2D eigenvalue weighted by Gasteiger charge is -2.10. The third kappa shape index (κ3) is 3.68. The molecule has 2 rings (SSSR count). The third-order valence-electron chi connectivity index (χ3n) is 2.96. The number of nitrogens with two attached hydrogens (primary N) is 1. The monoisotopic (exact) mass is 270 g/mol. The quantitative estimate of drug-likeness (QED) is 0.838. The van der Waals surface area contributed by atoms with Gasteiger partial charge in [-0.05, 0) is 18.9 Å². The Morgan fingerprint density at radius 2 is 2.33 bits per heavy atom. The highest BCUT2D eigenvalue weighted by molar-refractivity contribution is 7.85. The van der Waals surface area contributed by atoms with Crippen molar-refractivity contribution in [2.75, 3.05) is 23.8 Å². The number of nitrogen functional groups attached to an aromatic ring is 1. The molecule has 1 saturated heterocycles. The molecule has 1 aromatic rings. The number of anilines is 1. The van der Waals surface area contributed by atoms with E-state index in [1.54, 1.807) is 12.3 Å². The predicted molar refractivity (Wildman–Crippen MR) is 72.0 cm³/mol. The molecule has 1 aliphatic rings. The minimum absolute atomic E-state index is 0.113. The number of aryl methyl sites for hydroxylation is 1. The number of aromatic nitrogens is 1. The van der Waals surface area contributed by atoms with Crippen LogP contribution in [0.25, 0.3) is 0 Å². The van der Waals surface area contributed by atoms with Crippen molar-refractivity contribution in [1.29, 1.82) is 0 Å². The second-order valence-electron chi connectivity index (χ2n) is 4.44. The first-order valence-corrected chi connectivity index (χ1v) is 7.56. The van der Waals surface area contributed by atoms with Crippen molar-refractivity contribution in [1.82, 2.24) is 4.57 Å². The number of nitrogens with zero attached hydrogens (tertiary/aromatic N) is 1. The van der Waals surface area contributed by atoms with E-state index in [1.807, 2.05) is 0 Å². The predicted octanol–water partition coefficient (Wildman–Crippen LogP) is 0.358. The highest BCUT2D eigenvalue weighted by Gasteiger charge is 2.18. The van der Waals surface area contributed by atoms with Crippen molar-refractivity contribution in [2.45, 2.75) is 25.5 Å². The molecule has 5 nitrogen and oxygen atoms in total. The summed E-state index contributed by atoms with van der Waals surface area (Å²) < 4.78 is 18.8. The Bertz CT molecular complexity index is 480. The van der Waals surface area contributed by atoms with E-state index in [0.29, 0.717) is 23.7 Å². The molecule has 0 aliphatic carbocycles. The molecule has 1 aromatic heterocycles. The van der Waals surface area contributed by atoms with Crippen LogP contribution in [0.3, 0.4) is 0 Å². The van der Waals surface area contributed by atoms with E-state index in [9.17, 15) is 9.00 Å². The Balaban J connectivity index is 1.85. The molecule has 2 unspecified atom stereocenters. The van der Waals surface area contributed by atoms with E-state index in [-0.39, 0.29) is 11.7 Å². The molecule has 2 heterocycles. The lowest BCUT2D eigenvalue weighted by molar-refractivity contribution is 0.128. The first kappa shape index (κ1) is 13.3. The number of ether oxygens (including phenoxy) is 1. The summed E-state index contributed by atoms with van der Waals surface area (Å²) in [6.07, 6.45) is 3.76. The number of pyridine rings is 1. The van der Waals surface area contributed by atoms with Gasteiger partial charge in [-0.1, -0.05) is 0 Å². The molecule has 6 heteroatoms. The fourth-order valence-electron chi connectivity index (χ4n) is 1.99. The summed E-state index contributed by atoms with van der Waals surface area (Å²) in [5.74, 6) is 1.03. The molecule has 2 atom stereocenters. The first-order valence-electron chi connectivity index (χ1n) is 6.08. The van der Waals surface area contributed by atoms with E-state index in [2.05, 4.69) is 0 Å². The SMILES string of the molecule is Nc1ccc(=O)n(CCS(=O)CC2CCCO2)c1. The summed E-state index contributed by atoms with van der Waals surface area (Å²) >= 11 is 0. The lowest BCUT2D eigenvalue weighted by Crippen LogP contribution is -2.24. The molecule has 0 bridgehead atoms. The van der Waals surface area contributed by atoms with Gasteiger partial charge in [-0.25, -0.2) is 0 Å². The van der Waals surface area contributed by atoms with Crippen LogP contribution < -0.4 is 11.3 Å². The van der Waals surface area contributed by atoms with Crippen LogP contribution in [0.4, 0.5) is 5.69 Å². The Labute approximate surface area is 108 Å². The molecule has 0 aromatic carbocycles.